The number of hydrogen-bond acceptors (Lipinski definition) is 4. The lowest BCUT2D eigenvalue weighted by Gasteiger charge is -2.08. The normalized spacial score (nSPS) is 11.2. The number of carbonyl (C=O) groups is 1. The summed E-state index contributed by atoms with van der Waals surface area (Å²) in [6, 6.07) is 12.0. The molecule has 2 N–H and O–H groups in total. The van der Waals surface area contributed by atoms with Crippen LogP contribution in [-0.4, -0.2) is 34.5 Å². The smallest absolute Gasteiger partial charge is 0.240 e. The molecule has 0 unspecified atom stereocenters. The quantitative estimate of drug-likeness (QED) is 0.696. The van der Waals surface area contributed by atoms with Gasteiger partial charge in [-0.15, -0.1) is 0 Å². The van der Waals surface area contributed by atoms with Crippen molar-refractivity contribution < 1.29 is 22.3 Å². The summed E-state index contributed by atoms with van der Waals surface area (Å²) < 4.78 is 44.4. The van der Waals surface area contributed by atoms with E-state index < -0.39 is 10.0 Å². The molecule has 2 aromatic carbocycles. The molecule has 0 saturated heterocycles. The van der Waals surface area contributed by atoms with Crippen molar-refractivity contribution >= 4 is 15.9 Å². The number of nitrogens with one attached hydrogen (secondary N) is 2. The van der Waals surface area contributed by atoms with Crippen LogP contribution in [0.25, 0.3) is 0 Å². The highest BCUT2D eigenvalue weighted by Crippen LogP contribution is 2.15. The molecule has 0 bridgehead atoms. The third kappa shape index (κ3) is 6.12. The number of halogens is 1. The minimum absolute atomic E-state index is 0.00323. The van der Waals surface area contributed by atoms with Crippen LogP contribution < -0.4 is 14.8 Å². The number of methoxy groups -OCH3 is 1. The zero-order valence-electron chi connectivity index (χ0n) is 14.4. The van der Waals surface area contributed by atoms with Gasteiger partial charge in [-0.1, -0.05) is 12.1 Å². The number of benzene rings is 2. The molecule has 0 radical (unpaired) electrons. The van der Waals surface area contributed by atoms with Crippen molar-refractivity contribution in [2.75, 3.05) is 20.2 Å². The van der Waals surface area contributed by atoms with E-state index in [1.807, 2.05) is 0 Å². The van der Waals surface area contributed by atoms with Gasteiger partial charge >= 0.3 is 0 Å². The van der Waals surface area contributed by atoms with Gasteiger partial charge in [-0.25, -0.2) is 17.5 Å². The molecule has 8 heteroatoms. The lowest BCUT2D eigenvalue weighted by molar-refractivity contribution is -0.120. The second kappa shape index (κ2) is 9.30. The molecule has 0 aliphatic rings. The average Bonchev–Trinajstić information content (AvgIpc) is 2.63. The van der Waals surface area contributed by atoms with E-state index in [9.17, 15) is 17.6 Å². The second-order valence-corrected chi connectivity index (χ2v) is 7.32. The first-order chi connectivity index (χ1) is 12.4. The predicted octanol–water partition coefficient (Wildman–Crippen LogP) is 1.86. The zero-order chi connectivity index (χ0) is 19.0. The molecular weight excluding hydrogens is 359 g/mol. The Kier molecular flexibility index (Phi) is 7.11. The van der Waals surface area contributed by atoms with Crippen LogP contribution in [0.5, 0.6) is 5.75 Å². The number of carbonyl (C=O) groups excluding carboxylic acids is 1. The summed E-state index contributed by atoms with van der Waals surface area (Å²) in [5.74, 6) is -0.00375. The Hall–Kier alpha value is -2.45. The Labute approximate surface area is 152 Å². The maximum Gasteiger partial charge on any atom is 0.240 e. The number of hydrogen-bond donors (Lipinski definition) is 2. The lowest BCUT2D eigenvalue weighted by Crippen LogP contribution is -2.31. The van der Waals surface area contributed by atoms with E-state index >= 15 is 0 Å². The second-order valence-electron chi connectivity index (χ2n) is 5.55. The van der Waals surface area contributed by atoms with Crippen molar-refractivity contribution in [1.82, 2.24) is 10.0 Å². The molecule has 2 rings (SSSR count). The van der Waals surface area contributed by atoms with Crippen molar-refractivity contribution in [2.45, 2.75) is 17.7 Å². The van der Waals surface area contributed by atoms with Crippen molar-refractivity contribution in [3.8, 4) is 5.75 Å². The van der Waals surface area contributed by atoms with Gasteiger partial charge in [-0.2, -0.15) is 0 Å². The molecular formula is C18H21FN2O4S. The summed E-state index contributed by atoms with van der Waals surface area (Å²) in [6.07, 6.45) is 0.600. The molecule has 6 nitrogen and oxygen atoms in total. The summed E-state index contributed by atoms with van der Waals surface area (Å²) >= 11 is 0. The summed E-state index contributed by atoms with van der Waals surface area (Å²) in [5.41, 5.74) is 0.909. The Morgan fingerprint density at radius 3 is 2.31 bits per heavy atom. The first-order valence-corrected chi connectivity index (χ1v) is 9.54. The van der Waals surface area contributed by atoms with E-state index in [4.69, 9.17) is 4.74 Å². The number of amides is 1. The van der Waals surface area contributed by atoms with E-state index in [-0.39, 0.29) is 29.6 Å². The summed E-state index contributed by atoms with van der Waals surface area (Å²) in [6.45, 7) is 0.395. The van der Waals surface area contributed by atoms with E-state index in [1.165, 1.54) is 31.4 Å². The van der Waals surface area contributed by atoms with Crippen LogP contribution in [-0.2, 0) is 21.2 Å². The molecule has 2 aromatic rings. The van der Waals surface area contributed by atoms with Gasteiger partial charge < -0.3 is 10.1 Å². The molecule has 0 fully saturated rings. The van der Waals surface area contributed by atoms with Gasteiger partial charge in [0.05, 0.1) is 12.0 Å². The number of rotatable bonds is 9. The molecule has 26 heavy (non-hydrogen) atoms. The largest absolute Gasteiger partial charge is 0.497 e. The highest BCUT2D eigenvalue weighted by molar-refractivity contribution is 7.89. The molecule has 0 heterocycles. The molecule has 0 aliphatic heterocycles. The summed E-state index contributed by atoms with van der Waals surface area (Å²) in [7, 11) is -2.17. The molecule has 0 atom stereocenters. The van der Waals surface area contributed by atoms with Crippen LogP contribution in [0.1, 0.15) is 12.0 Å². The van der Waals surface area contributed by atoms with Crippen LogP contribution in [0, 0.1) is 5.82 Å². The fraction of sp³-hybridized carbons (Fsp3) is 0.278. The SMILES string of the molecule is COc1ccc(S(=O)(=O)NCCC(=O)NCCc2ccc(F)cc2)cc1. The minimum atomic E-state index is -3.67. The highest BCUT2D eigenvalue weighted by atomic mass is 32.2. The predicted molar refractivity (Wildman–Crippen MR) is 95.9 cm³/mol. The molecule has 0 aromatic heterocycles. The molecule has 140 valence electrons. The molecule has 0 saturated carbocycles. The Morgan fingerprint density at radius 1 is 1.04 bits per heavy atom. The standard InChI is InChI=1S/C18H21FN2O4S/c1-25-16-6-8-17(9-7-16)26(23,24)21-13-11-18(22)20-12-10-14-2-4-15(19)5-3-14/h2-9,21H,10-13H2,1H3,(H,20,22). The Morgan fingerprint density at radius 2 is 1.69 bits per heavy atom. The van der Waals surface area contributed by atoms with E-state index in [0.29, 0.717) is 18.7 Å². The van der Waals surface area contributed by atoms with E-state index in [2.05, 4.69) is 10.0 Å². The lowest BCUT2D eigenvalue weighted by atomic mass is 10.1. The number of sulfonamides is 1. The van der Waals surface area contributed by atoms with Gasteiger partial charge in [0.1, 0.15) is 11.6 Å². The third-order valence-electron chi connectivity index (χ3n) is 3.66. The summed E-state index contributed by atoms with van der Waals surface area (Å²) in [4.78, 5) is 11.9. The maximum absolute atomic E-state index is 12.8. The van der Waals surface area contributed by atoms with Crippen LogP contribution >= 0.6 is 0 Å². The van der Waals surface area contributed by atoms with Gasteiger partial charge in [0, 0.05) is 19.5 Å². The first kappa shape index (κ1) is 19.9. The number of ether oxygens (including phenoxy) is 1. The summed E-state index contributed by atoms with van der Waals surface area (Å²) in [5, 5.41) is 2.70. The third-order valence-corrected chi connectivity index (χ3v) is 5.14. The fourth-order valence-corrected chi connectivity index (χ4v) is 3.25. The van der Waals surface area contributed by atoms with E-state index in [1.54, 1.807) is 24.3 Å². The minimum Gasteiger partial charge on any atom is -0.497 e. The van der Waals surface area contributed by atoms with Gasteiger partial charge in [-0.3, -0.25) is 4.79 Å². The van der Waals surface area contributed by atoms with Crippen LogP contribution in [0.15, 0.2) is 53.4 Å². The topological polar surface area (TPSA) is 84.5 Å². The maximum atomic E-state index is 12.8. The Balaban J connectivity index is 1.72. The molecule has 0 aliphatic carbocycles. The van der Waals surface area contributed by atoms with Crippen LogP contribution in [0.3, 0.4) is 0 Å². The first-order valence-electron chi connectivity index (χ1n) is 8.05. The average molecular weight is 380 g/mol. The van der Waals surface area contributed by atoms with E-state index in [0.717, 1.165) is 5.56 Å². The van der Waals surface area contributed by atoms with Crippen molar-refractivity contribution in [1.29, 1.82) is 0 Å². The zero-order valence-corrected chi connectivity index (χ0v) is 15.2. The van der Waals surface area contributed by atoms with Crippen molar-refractivity contribution in [3.63, 3.8) is 0 Å². The van der Waals surface area contributed by atoms with Crippen LogP contribution in [0.2, 0.25) is 0 Å². The van der Waals surface area contributed by atoms with Crippen molar-refractivity contribution in [3.05, 3.63) is 59.9 Å². The van der Waals surface area contributed by atoms with Crippen molar-refractivity contribution in [2.24, 2.45) is 0 Å². The van der Waals surface area contributed by atoms with Gasteiger partial charge in [0.15, 0.2) is 0 Å². The van der Waals surface area contributed by atoms with Crippen LogP contribution in [0.4, 0.5) is 4.39 Å². The Bertz CT molecular complexity index is 821. The molecule has 0 spiro atoms. The molecule has 1 amide bonds. The monoisotopic (exact) mass is 380 g/mol. The fourth-order valence-electron chi connectivity index (χ4n) is 2.22. The van der Waals surface area contributed by atoms with Gasteiger partial charge in [-0.05, 0) is 48.4 Å². The van der Waals surface area contributed by atoms with Gasteiger partial charge in [0.2, 0.25) is 15.9 Å². The van der Waals surface area contributed by atoms with Gasteiger partial charge in [0.25, 0.3) is 0 Å². The highest BCUT2D eigenvalue weighted by Gasteiger charge is 2.14.